The van der Waals surface area contributed by atoms with Crippen LogP contribution in [0.1, 0.15) is 31.2 Å². The van der Waals surface area contributed by atoms with Crippen LogP contribution in [0.2, 0.25) is 0 Å². The van der Waals surface area contributed by atoms with Gasteiger partial charge in [0.05, 0.1) is 23.1 Å². The standard InChI is InChI=1S/C14H16BrFO3/c15-12-7-9(1-6-13(12)16)8-19-11-4-2-10(3-5-11)14(17)18/h1,6-7,10-11H,2-5,8H2,(H,17,18). The van der Waals surface area contributed by atoms with Gasteiger partial charge >= 0.3 is 5.97 Å². The van der Waals surface area contributed by atoms with E-state index in [2.05, 4.69) is 15.9 Å². The third kappa shape index (κ3) is 4.01. The Morgan fingerprint density at radius 1 is 1.37 bits per heavy atom. The molecule has 1 aliphatic carbocycles. The summed E-state index contributed by atoms with van der Waals surface area (Å²) in [5.41, 5.74) is 0.911. The molecule has 0 aromatic heterocycles. The molecule has 1 aliphatic rings. The predicted octanol–water partition coefficient (Wildman–Crippen LogP) is 3.75. The van der Waals surface area contributed by atoms with Crippen molar-refractivity contribution in [1.29, 1.82) is 0 Å². The van der Waals surface area contributed by atoms with Crippen molar-refractivity contribution in [3.63, 3.8) is 0 Å². The van der Waals surface area contributed by atoms with Crippen LogP contribution >= 0.6 is 15.9 Å². The molecule has 0 unspecified atom stereocenters. The maximum atomic E-state index is 13.1. The molecule has 5 heteroatoms. The Balaban J connectivity index is 1.80. The largest absolute Gasteiger partial charge is 0.481 e. The molecule has 3 nitrogen and oxygen atoms in total. The fourth-order valence-corrected chi connectivity index (χ4v) is 2.75. The maximum Gasteiger partial charge on any atom is 0.306 e. The fourth-order valence-electron chi connectivity index (χ4n) is 2.32. The van der Waals surface area contributed by atoms with Crippen molar-refractivity contribution >= 4 is 21.9 Å². The van der Waals surface area contributed by atoms with Gasteiger partial charge in [-0.15, -0.1) is 0 Å². The van der Waals surface area contributed by atoms with Gasteiger partial charge in [0.15, 0.2) is 0 Å². The summed E-state index contributed by atoms with van der Waals surface area (Å²) in [6.07, 6.45) is 3.01. The van der Waals surface area contributed by atoms with E-state index >= 15 is 0 Å². The number of hydrogen-bond donors (Lipinski definition) is 1. The Kier molecular flexibility index (Phi) is 4.93. The SMILES string of the molecule is O=C(O)C1CCC(OCc2ccc(F)c(Br)c2)CC1. The number of carboxylic acid groups (broad SMARTS) is 1. The smallest absolute Gasteiger partial charge is 0.306 e. The van der Waals surface area contributed by atoms with E-state index in [9.17, 15) is 9.18 Å². The van der Waals surface area contributed by atoms with Gasteiger partial charge in [0.1, 0.15) is 5.82 Å². The van der Waals surface area contributed by atoms with E-state index in [-0.39, 0.29) is 17.8 Å². The summed E-state index contributed by atoms with van der Waals surface area (Å²) in [6, 6.07) is 4.81. The summed E-state index contributed by atoms with van der Waals surface area (Å²) in [6.45, 7) is 0.432. The predicted molar refractivity (Wildman–Crippen MR) is 72.3 cm³/mol. The van der Waals surface area contributed by atoms with Gasteiger partial charge in [0.2, 0.25) is 0 Å². The molecule has 1 N–H and O–H groups in total. The highest BCUT2D eigenvalue weighted by Crippen LogP contribution is 2.27. The van der Waals surface area contributed by atoms with Crippen LogP contribution in [0.25, 0.3) is 0 Å². The number of benzene rings is 1. The van der Waals surface area contributed by atoms with Crippen molar-refractivity contribution in [3.05, 3.63) is 34.1 Å². The molecule has 2 rings (SSSR count). The summed E-state index contributed by atoms with van der Waals surface area (Å²) in [7, 11) is 0. The van der Waals surface area contributed by atoms with Crippen LogP contribution in [-0.4, -0.2) is 17.2 Å². The van der Waals surface area contributed by atoms with Crippen LogP contribution in [0.4, 0.5) is 4.39 Å². The third-order valence-electron chi connectivity index (χ3n) is 3.49. The first-order chi connectivity index (χ1) is 9.06. The molecule has 0 amide bonds. The highest BCUT2D eigenvalue weighted by atomic mass is 79.9. The Hall–Kier alpha value is -0.940. The van der Waals surface area contributed by atoms with E-state index in [4.69, 9.17) is 9.84 Å². The van der Waals surface area contributed by atoms with E-state index in [1.807, 2.05) is 0 Å². The van der Waals surface area contributed by atoms with Crippen molar-refractivity contribution in [2.75, 3.05) is 0 Å². The molecule has 1 saturated carbocycles. The Labute approximate surface area is 119 Å². The van der Waals surface area contributed by atoms with E-state index in [1.165, 1.54) is 6.07 Å². The summed E-state index contributed by atoms with van der Waals surface area (Å²) in [5, 5.41) is 8.91. The molecular formula is C14H16BrFO3. The molecule has 19 heavy (non-hydrogen) atoms. The second-order valence-electron chi connectivity index (χ2n) is 4.87. The highest BCUT2D eigenvalue weighted by Gasteiger charge is 2.26. The second-order valence-corrected chi connectivity index (χ2v) is 5.73. The van der Waals surface area contributed by atoms with Crippen LogP contribution in [0.15, 0.2) is 22.7 Å². The van der Waals surface area contributed by atoms with Crippen molar-refractivity contribution in [1.82, 2.24) is 0 Å². The summed E-state index contributed by atoms with van der Waals surface area (Å²) < 4.78 is 19.3. The maximum absolute atomic E-state index is 13.1. The fraction of sp³-hybridized carbons (Fsp3) is 0.500. The third-order valence-corrected chi connectivity index (χ3v) is 4.10. The number of aliphatic carboxylic acids is 1. The summed E-state index contributed by atoms with van der Waals surface area (Å²) in [4.78, 5) is 10.8. The first kappa shape index (κ1) is 14.5. The van der Waals surface area contributed by atoms with Crippen LogP contribution in [0.3, 0.4) is 0 Å². The Morgan fingerprint density at radius 2 is 2.05 bits per heavy atom. The average molecular weight is 331 g/mol. The zero-order valence-corrected chi connectivity index (χ0v) is 12.0. The topological polar surface area (TPSA) is 46.5 Å². The van der Waals surface area contributed by atoms with Crippen LogP contribution in [0, 0.1) is 11.7 Å². The monoisotopic (exact) mass is 330 g/mol. The van der Waals surface area contributed by atoms with Crippen LogP contribution in [0.5, 0.6) is 0 Å². The molecule has 0 aliphatic heterocycles. The van der Waals surface area contributed by atoms with E-state index in [0.717, 1.165) is 18.4 Å². The first-order valence-corrected chi connectivity index (χ1v) is 7.14. The van der Waals surface area contributed by atoms with Crippen molar-refractivity contribution in [3.8, 4) is 0 Å². The number of rotatable bonds is 4. The highest BCUT2D eigenvalue weighted by molar-refractivity contribution is 9.10. The molecular weight excluding hydrogens is 315 g/mol. The van der Waals surface area contributed by atoms with Gasteiger partial charge in [0.25, 0.3) is 0 Å². The van der Waals surface area contributed by atoms with Crippen LogP contribution < -0.4 is 0 Å². The molecule has 1 aromatic rings. The van der Waals surface area contributed by atoms with Crippen molar-refractivity contribution < 1.29 is 19.0 Å². The van der Waals surface area contributed by atoms with Crippen LogP contribution in [-0.2, 0) is 16.1 Å². The molecule has 0 spiro atoms. The molecule has 0 saturated heterocycles. The van der Waals surface area contributed by atoms with Gasteiger partial charge in [-0.05, 0) is 59.3 Å². The number of carboxylic acids is 1. The first-order valence-electron chi connectivity index (χ1n) is 6.34. The van der Waals surface area contributed by atoms with Gasteiger partial charge in [-0.1, -0.05) is 6.07 Å². The Morgan fingerprint density at radius 3 is 2.63 bits per heavy atom. The Bertz CT molecular complexity index is 456. The molecule has 1 fully saturated rings. The minimum atomic E-state index is -0.707. The lowest BCUT2D eigenvalue weighted by atomic mass is 9.87. The minimum absolute atomic E-state index is 0.111. The normalized spacial score (nSPS) is 23.3. The molecule has 1 aromatic carbocycles. The quantitative estimate of drug-likeness (QED) is 0.914. The number of ether oxygens (including phenoxy) is 1. The number of halogens is 2. The average Bonchev–Trinajstić information content (AvgIpc) is 2.40. The van der Waals surface area contributed by atoms with E-state index in [1.54, 1.807) is 12.1 Å². The second kappa shape index (κ2) is 6.48. The lowest BCUT2D eigenvalue weighted by Crippen LogP contribution is -2.25. The molecule has 104 valence electrons. The lowest BCUT2D eigenvalue weighted by molar-refractivity contribution is -0.143. The zero-order valence-electron chi connectivity index (χ0n) is 10.4. The van der Waals surface area contributed by atoms with Gasteiger partial charge < -0.3 is 9.84 Å². The van der Waals surface area contributed by atoms with Gasteiger partial charge in [-0.2, -0.15) is 0 Å². The number of carbonyl (C=O) groups is 1. The summed E-state index contributed by atoms with van der Waals surface area (Å²) >= 11 is 3.14. The van der Waals surface area contributed by atoms with Crippen molar-refractivity contribution in [2.45, 2.75) is 38.4 Å². The van der Waals surface area contributed by atoms with Gasteiger partial charge in [0, 0.05) is 0 Å². The lowest BCUT2D eigenvalue weighted by Gasteiger charge is -2.26. The van der Waals surface area contributed by atoms with Crippen molar-refractivity contribution in [2.24, 2.45) is 5.92 Å². The van der Waals surface area contributed by atoms with Gasteiger partial charge in [-0.3, -0.25) is 4.79 Å². The molecule has 0 heterocycles. The van der Waals surface area contributed by atoms with Gasteiger partial charge in [-0.25, -0.2) is 4.39 Å². The molecule has 0 atom stereocenters. The molecule has 0 bridgehead atoms. The summed E-state index contributed by atoms with van der Waals surface area (Å²) in [5.74, 6) is -1.22. The number of hydrogen-bond acceptors (Lipinski definition) is 2. The zero-order chi connectivity index (χ0) is 13.8. The minimum Gasteiger partial charge on any atom is -0.481 e. The van der Waals surface area contributed by atoms with E-state index < -0.39 is 5.97 Å². The van der Waals surface area contributed by atoms with E-state index in [0.29, 0.717) is 23.9 Å². The molecule has 0 radical (unpaired) electrons.